The number of hydrogen-bond acceptors (Lipinski definition) is 3. The van der Waals surface area contributed by atoms with Gasteiger partial charge in [-0.05, 0) is 44.8 Å². The molecule has 0 saturated carbocycles. The number of piperidine rings is 1. The molecule has 16 heavy (non-hydrogen) atoms. The number of nitrogens with one attached hydrogen (secondary N) is 1. The smallest absolute Gasteiger partial charge is 0.0491 e. The molecule has 0 spiro atoms. The molecule has 1 atom stereocenters. The molecule has 1 saturated heterocycles. The lowest BCUT2D eigenvalue weighted by atomic mass is 9.96. The molecule has 96 valence electrons. The van der Waals surface area contributed by atoms with Crippen LogP contribution in [-0.4, -0.2) is 50.8 Å². The molecule has 3 heteroatoms. The Hall–Kier alpha value is -0.120. The summed E-state index contributed by atoms with van der Waals surface area (Å²) in [6, 6.07) is 0.725. The maximum Gasteiger partial charge on any atom is 0.0491 e. The van der Waals surface area contributed by atoms with Gasteiger partial charge in [-0.25, -0.2) is 0 Å². The van der Waals surface area contributed by atoms with Crippen molar-refractivity contribution in [1.29, 1.82) is 0 Å². The first-order valence-corrected chi connectivity index (χ1v) is 6.75. The molecule has 1 aliphatic heterocycles. The van der Waals surface area contributed by atoms with Gasteiger partial charge in [0.2, 0.25) is 0 Å². The SMILES string of the molecule is CCNCC(CC)N1CCC(COC)CC1. The molecule has 1 rings (SSSR count). The zero-order valence-corrected chi connectivity index (χ0v) is 11.2. The lowest BCUT2D eigenvalue weighted by Gasteiger charge is -2.37. The van der Waals surface area contributed by atoms with Crippen LogP contribution in [0.4, 0.5) is 0 Å². The topological polar surface area (TPSA) is 24.5 Å². The van der Waals surface area contributed by atoms with Gasteiger partial charge in [0.15, 0.2) is 0 Å². The van der Waals surface area contributed by atoms with Crippen LogP contribution in [0.5, 0.6) is 0 Å². The molecular formula is C13H28N2O. The van der Waals surface area contributed by atoms with Crippen LogP contribution in [0.15, 0.2) is 0 Å². The van der Waals surface area contributed by atoms with Gasteiger partial charge in [-0.15, -0.1) is 0 Å². The van der Waals surface area contributed by atoms with Crippen molar-refractivity contribution in [1.82, 2.24) is 10.2 Å². The summed E-state index contributed by atoms with van der Waals surface area (Å²) in [6.07, 6.45) is 3.86. The van der Waals surface area contributed by atoms with E-state index in [-0.39, 0.29) is 0 Å². The highest BCUT2D eigenvalue weighted by Gasteiger charge is 2.23. The summed E-state index contributed by atoms with van der Waals surface area (Å²) in [5.74, 6) is 0.790. The van der Waals surface area contributed by atoms with Crippen molar-refractivity contribution in [3.63, 3.8) is 0 Å². The monoisotopic (exact) mass is 228 g/mol. The van der Waals surface area contributed by atoms with Gasteiger partial charge in [-0.2, -0.15) is 0 Å². The third-order valence-corrected chi connectivity index (χ3v) is 3.67. The minimum atomic E-state index is 0.725. The van der Waals surface area contributed by atoms with Gasteiger partial charge >= 0.3 is 0 Å². The molecule has 1 heterocycles. The van der Waals surface area contributed by atoms with Gasteiger partial charge in [0, 0.05) is 26.3 Å². The Morgan fingerprint density at radius 1 is 1.31 bits per heavy atom. The van der Waals surface area contributed by atoms with Crippen molar-refractivity contribution >= 4 is 0 Å². The molecule has 0 aliphatic carbocycles. The zero-order chi connectivity index (χ0) is 11.8. The van der Waals surface area contributed by atoms with E-state index in [1.165, 1.54) is 32.4 Å². The quantitative estimate of drug-likeness (QED) is 0.718. The first-order valence-electron chi connectivity index (χ1n) is 6.75. The van der Waals surface area contributed by atoms with E-state index in [1.807, 2.05) is 7.11 Å². The van der Waals surface area contributed by atoms with Crippen LogP contribution < -0.4 is 5.32 Å². The highest BCUT2D eigenvalue weighted by molar-refractivity contribution is 4.79. The van der Waals surface area contributed by atoms with E-state index < -0.39 is 0 Å². The minimum Gasteiger partial charge on any atom is -0.384 e. The van der Waals surface area contributed by atoms with E-state index in [0.717, 1.165) is 31.7 Å². The van der Waals surface area contributed by atoms with Crippen LogP contribution in [0.25, 0.3) is 0 Å². The van der Waals surface area contributed by atoms with Crippen molar-refractivity contribution in [3.05, 3.63) is 0 Å². The van der Waals surface area contributed by atoms with Crippen molar-refractivity contribution in [2.24, 2.45) is 5.92 Å². The molecule has 1 N–H and O–H groups in total. The van der Waals surface area contributed by atoms with Crippen LogP contribution in [0.1, 0.15) is 33.1 Å². The second-order valence-corrected chi connectivity index (χ2v) is 4.80. The van der Waals surface area contributed by atoms with Gasteiger partial charge in [-0.3, -0.25) is 4.90 Å². The van der Waals surface area contributed by atoms with Crippen molar-refractivity contribution in [2.45, 2.75) is 39.2 Å². The fraction of sp³-hybridized carbons (Fsp3) is 1.00. The predicted molar refractivity (Wildman–Crippen MR) is 68.8 cm³/mol. The summed E-state index contributed by atoms with van der Waals surface area (Å²) in [4.78, 5) is 2.65. The normalized spacial score (nSPS) is 21.2. The number of hydrogen-bond donors (Lipinski definition) is 1. The summed E-state index contributed by atoms with van der Waals surface area (Å²) in [5, 5.41) is 3.47. The number of ether oxygens (including phenoxy) is 1. The number of methoxy groups -OCH3 is 1. The minimum absolute atomic E-state index is 0.725. The lowest BCUT2D eigenvalue weighted by molar-refractivity contribution is 0.0781. The van der Waals surface area contributed by atoms with Crippen molar-refractivity contribution in [2.75, 3.05) is 39.9 Å². The van der Waals surface area contributed by atoms with E-state index in [9.17, 15) is 0 Å². The maximum absolute atomic E-state index is 5.24. The Bertz CT molecular complexity index is 167. The summed E-state index contributed by atoms with van der Waals surface area (Å²) >= 11 is 0. The van der Waals surface area contributed by atoms with E-state index in [2.05, 4.69) is 24.1 Å². The fourth-order valence-corrected chi connectivity index (χ4v) is 2.56. The van der Waals surface area contributed by atoms with Crippen LogP contribution >= 0.6 is 0 Å². The average molecular weight is 228 g/mol. The molecule has 1 aliphatic rings. The molecular weight excluding hydrogens is 200 g/mol. The van der Waals surface area contributed by atoms with Crippen LogP contribution in [-0.2, 0) is 4.74 Å². The highest BCUT2D eigenvalue weighted by Crippen LogP contribution is 2.19. The Labute approximate surface area is 101 Å². The summed E-state index contributed by atoms with van der Waals surface area (Å²) in [7, 11) is 1.81. The Morgan fingerprint density at radius 3 is 2.50 bits per heavy atom. The molecule has 0 amide bonds. The standard InChI is InChI=1S/C13H28N2O/c1-4-13(10-14-5-2)15-8-6-12(7-9-15)11-16-3/h12-14H,4-11H2,1-3H3. The number of likely N-dealkylation sites (N-methyl/N-ethyl adjacent to an activating group) is 1. The Balaban J connectivity index is 2.27. The molecule has 3 nitrogen and oxygen atoms in total. The third kappa shape index (κ3) is 4.40. The molecule has 0 aromatic heterocycles. The van der Waals surface area contributed by atoms with Gasteiger partial charge in [0.05, 0.1) is 0 Å². The second-order valence-electron chi connectivity index (χ2n) is 4.80. The number of nitrogens with zero attached hydrogens (tertiary/aromatic N) is 1. The molecule has 0 aromatic carbocycles. The van der Waals surface area contributed by atoms with E-state index >= 15 is 0 Å². The second kappa shape index (κ2) is 8.04. The van der Waals surface area contributed by atoms with Gasteiger partial charge < -0.3 is 10.1 Å². The number of rotatable bonds is 7. The van der Waals surface area contributed by atoms with Gasteiger partial charge in [0.25, 0.3) is 0 Å². The molecule has 1 fully saturated rings. The predicted octanol–water partition coefficient (Wildman–Crippen LogP) is 1.73. The van der Waals surface area contributed by atoms with E-state index in [4.69, 9.17) is 4.74 Å². The first-order chi connectivity index (χ1) is 7.81. The molecule has 0 radical (unpaired) electrons. The molecule has 1 unspecified atom stereocenters. The molecule has 0 bridgehead atoms. The maximum atomic E-state index is 5.24. The molecule has 0 aromatic rings. The van der Waals surface area contributed by atoms with E-state index in [0.29, 0.717) is 0 Å². The summed E-state index contributed by atoms with van der Waals surface area (Å²) in [6.45, 7) is 10.1. The Morgan fingerprint density at radius 2 is 2.00 bits per heavy atom. The van der Waals surface area contributed by atoms with E-state index in [1.54, 1.807) is 0 Å². The average Bonchev–Trinajstić information content (AvgIpc) is 2.32. The van der Waals surface area contributed by atoms with Crippen LogP contribution in [0, 0.1) is 5.92 Å². The highest BCUT2D eigenvalue weighted by atomic mass is 16.5. The van der Waals surface area contributed by atoms with Crippen molar-refractivity contribution < 1.29 is 4.74 Å². The lowest BCUT2D eigenvalue weighted by Crippen LogP contribution is -2.46. The largest absolute Gasteiger partial charge is 0.384 e. The Kier molecular flexibility index (Phi) is 7.01. The summed E-state index contributed by atoms with van der Waals surface area (Å²) in [5.41, 5.74) is 0. The third-order valence-electron chi connectivity index (χ3n) is 3.67. The van der Waals surface area contributed by atoms with Gasteiger partial charge in [-0.1, -0.05) is 13.8 Å². The van der Waals surface area contributed by atoms with Crippen LogP contribution in [0.3, 0.4) is 0 Å². The summed E-state index contributed by atoms with van der Waals surface area (Å²) < 4.78 is 5.24. The fourth-order valence-electron chi connectivity index (χ4n) is 2.56. The van der Waals surface area contributed by atoms with Crippen LogP contribution in [0.2, 0.25) is 0 Å². The first kappa shape index (κ1) is 13.9. The zero-order valence-electron chi connectivity index (χ0n) is 11.2. The van der Waals surface area contributed by atoms with Crippen molar-refractivity contribution in [3.8, 4) is 0 Å². The number of likely N-dealkylation sites (tertiary alicyclic amines) is 1. The van der Waals surface area contributed by atoms with Gasteiger partial charge in [0.1, 0.15) is 0 Å².